The quantitative estimate of drug-likeness (QED) is 0.218. The fourth-order valence-corrected chi connectivity index (χ4v) is 4.09. The van der Waals surface area contributed by atoms with E-state index in [1.807, 2.05) is 113 Å². The summed E-state index contributed by atoms with van der Waals surface area (Å²) < 4.78 is 5.64. The number of carbonyl (C=O) groups is 1. The summed E-state index contributed by atoms with van der Waals surface area (Å²) in [5, 5.41) is 10.9. The molecule has 4 heteroatoms. The third-order valence-electron chi connectivity index (χ3n) is 6.59. The van der Waals surface area contributed by atoms with Crippen LogP contribution in [0.2, 0.25) is 0 Å². The molecule has 0 fully saturated rings. The number of aliphatic imine (C=N–C) groups is 1. The van der Waals surface area contributed by atoms with Gasteiger partial charge in [-0.1, -0.05) is 117 Å². The summed E-state index contributed by atoms with van der Waals surface area (Å²) in [6.07, 6.45) is 3.55. The highest BCUT2D eigenvalue weighted by atomic mass is 16.5. The third-order valence-corrected chi connectivity index (χ3v) is 6.59. The Balaban J connectivity index is 0.000000682. The Morgan fingerprint density at radius 3 is 1.87 bits per heavy atom. The zero-order valence-corrected chi connectivity index (χ0v) is 24.4. The molecule has 3 aromatic carbocycles. The van der Waals surface area contributed by atoms with Crippen molar-refractivity contribution in [3.8, 4) is 0 Å². The first-order chi connectivity index (χ1) is 18.2. The molecule has 1 unspecified atom stereocenters. The molecule has 1 N–H and O–H groups in total. The molecule has 0 bridgehead atoms. The lowest BCUT2D eigenvalue weighted by atomic mass is 9.68. The lowest BCUT2D eigenvalue weighted by Gasteiger charge is -2.41. The van der Waals surface area contributed by atoms with Crippen molar-refractivity contribution in [1.82, 2.24) is 0 Å². The van der Waals surface area contributed by atoms with Crippen LogP contribution in [0.4, 0.5) is 0 Å². The number of hydrogen-bond donors (Lipinski definition) is 1. The number of aliphatic hydroxyl groups is 1. The van der Waals surface area contributed by atoms with E-state index in [0.29, 0.717) is 19.3 Å². The van der Waals surface area contributed by atoms with Crippen LogP contribution in [0.1, 0.15) is 77.5 Å². The van der Waals surface area contributed by atoms with Crippen molar-refractivity contribution < 1.29 is 14.6 Å². The lowest BCUT2D eigenvalue weighted by Crippen LogP contribution is -2.50. The highest BCUT2D eigenvalue weighted by Gasteiger charge is 2.50. The second-order valence-electron chi connectivity index (χ2n) is 9.79. The molecular formula is C34H47NO3. The molecule has 206 valence electrons. The van der Waals surface area contributed by atoms with Gasteiger partial charge in [0.25, 0.3) is 0 Å². The number of hydrogen-bond acceptors (Lipinski definition) is 4. The SMILES string of the molecule is CC.CCC(CC[C@H](C)N=Cc1ccccc1)(C(=O)OCc1ccccc1)C(C)(C)O.Cc1ccccc1. The minimum Gasteiger partial charge on any atom is -0.460 e. The maximum Gasteiger partial charge on any atom is 0.315 e. The van der Waals surface area contributed by atoms with E-state index in [9.17, 15) is 9.90 Å². The van der Waals surface area contributed by atoms with Gasteiger partial charge in [0, 0.05) is 12.3 Å². The van der Waals surface area contributed by atoms with Crippen molar-refractivity contribution in [3.05, 3.63) is 108 Å². The summed E-state index contributed by atoms with van der Waals surface area (Å²) in [5.74, 6) is -0.351. The number of rotatable bonds is 10. The van der Waals surface area contributed by atoms with Crippen molar-refractivity contribution in [3.63, 3.8) is 0 Å². The van der Waals surface area contributed by atoms with Gasteiger partial charge in [-0.15, -0.1) is 0 Å². The minimum atomic E-state index is -1.20. The summed E-state index contributed by atoms with van der Waals surface area (Å²) in [5.41, 5.74) is 1.13. The van der Waals surface area contributed by atoms with Crippen LogP contribution < -0.4 is 0 Å². The maximum atomic E-state index is 13.1. The molecular weight excluding hydrogens is 470 g/mol. The Morgan fingerprint density at radius 1 is 0.921 bits per heavy atom. The number of esters is 1. The van der Waals surface area contributed by atoms with Crippen LogP contribution in [0.3, 0.4) is 0 Å². The van der Waals surface area contributed by atoms with Gasteiger partial charge in [0.05, 0.1) is 11.0 Å². The van der Waals surface area contributed by atoms with Crippen molar-refractivity contribution >= 4 is 12.2 Å². The van der Waals surface area contributed by atoms with Crippen molar-refractivity contribution in [2.75, 3.05) is 0 Å². The molecule has 0 aliphatic carbocycles. The molecule has 0 aliphatic heterocycles. The van der Waals surface area contributed by atoms with Gasteiger partial charge in [-0.05, 0) is 58.1 Å². The van der Waals surface area contributed by atoms with E-state index < -0.39 is 11.0 Å². The third kappa shape index (κ3) is 11.0. The molecule has 0 radical (unpaired) electrons. The smallest absolute Gasteiger partial charge is 0.315 e. The monoisotopic (exact) mass is 517 g/mol. The van der Waals surface area contributed by atoms with Crippen LogP contribution in [0.25, 0.3) is 0 Å². The first-order valence-corrected chi connectivity index (χ1v) is 13.7. The molecule has 3 rings (SSSR count). The van der Waals surface area contributed by atoms with Crippen LogP contribution in [-0.2, 0) is 16.1 Å². The minimum absolute atomic E-state index is 0.0328. The zero-order chi connectivity index (χ0) is 28.4. The van der Waals surface area contributed by atoms with Crippen LogP contribution in [0.15, 0.2) is 96.0 Å². The van der Waals surface area contributed by atoms with E-state index in [2.05, 4.69) is 24.0 Å². The van der Waals surface area contributed by atoms with Crippen LogP contribution in [0.5, 0.6) is 0 Å². The van der Waals surface area contributed by atoms with Gasteiger partial charge < -0.3 is 9.84 Å². The zero-order valence-electron chi connectivity index (χ0n) is 24.4. The van der Waals surface area contributed by atoms with Crippen molar-refractivity contribution in [2.24, 2.45) is 10.4 Å². The summed E-state index contributed by atoms with van der Waals surface area (Å²) >= 11 is 0. The Hall–Kier alpha value is -3.24. The molecule has 0 saturated heterocycles. The fourth-order valence-electron chi connectivity index (χ4n) is 4.09. The van der Waals surface area contributed by atoms with Crippen LogP contribution in [0, 0.1) is 12.3 Å². The van der Waals surface area contributed by atoms with Crippen molar-refractivity contribution in [2.45, 2.75) is 86.0 Å². The van der Waals surface area contributed by atoms with Gasteiger partial charge in [0.1, 0.15) is 6.61 Å². The van der Waals surface area contributed by atoms with E-state index in [4.69, 9.17) is 4.74 Å². The van der Waals surface area contributed by atoms with Crippen molar-refractivity contribution in [1.29, 1.82) is 0 Å². The normalized spacial score (nSPS) is 13.3. The van der Waals surface area contributed by atoms with Gasteiger partial charge >= 0.3 is 5.97 Å². The Morgan fingerprint density at radius 2 is 1.42 bits per heavy atom. The van der Waals surface area contributed by atoms with Gasteiger partial charge in [0.2, 0.25) is 0 Å². The van der Waals surface area contributed by atoms with Crippen LogP contribution in [-0.4, -0.2) is 28.9 Å². The highest BCUT2D eigenvalue weighted by Crippen LogP contribution is 2.41. The van der Waals surface area contributed by atoms with E-state index in [0.717, 1.165) is 11.1 Å². The number of ether oxygens (including phenoxy) is 1. The molecule has 4 nitrogen and oxygen atoms in total. The second kappa shape index (κ2) is 17.3. The Labute approximate surface area is 230 Å². The summed E-state index contributed by atoms with van der Waals surface area (Å²) in [4.78, 5) is 17.7. The van der Waals surface area contributed by atoms with Gasteiger partial charge in [-0.3, -0.25) is 9.79 Å². The van der Waals surface area contributed by atoms with E-state index in [1.165, 1.54) is 5.56 Å². The number of nitrogens with zero attached hydrogens (tertiary/aromatic N) is 1. The average Bonchev–Trinajstić information content (AvgIpc) is 2.93. The number of carbonyl (C=O) groups excluding carboxylic acids is 1. The first kappa shape index (κ1) is 32.8. The Kier molecular flexibility index (Phi) is 14.9. The lowest BCUT2D eigenvalue weighted by molar-refractivity contribution is -0.175. The van der Waals surface area contributed by atoms with Gasteiger partial charge in [-0.25, -0.2) is 0 Å². The summed E-state index contributed by atoms with van der Waals surface area (Å²) in [7, 11) is 0. The topological polar surface area (TPSA) is 58.9 Å². The van der Waals surface area contributed by atoms with E-state index >= 15 is 0 Å². The predicted molar refractivity (Wildman–Crippen MR) is 161 cm³/mol. The van der Waals surface area contributed by atoms with Crippen LogP contribution >= 0.6 is 0 Å². The molecule has 0 aliphatic rings. The molecule has 0 heterocycles. The molecule has 0 aromatic heterocycles. The largest absolute Gasteiger partial charge is 0.460 e. The first-order valence-electron chi connectivity index (χ1n) is 13.7. The predicted octanol–water partition coefficient (Wildman–Crippen LogP) is 8.21. The molecule has 0 saturated carbocycles. The highest BCUT2D eigenvalue weighted by molar-refractivity contribution is 5.79. The van der Waals surface area contributed by atoms with Gasteiger partial charge in [-0.2, -0.15) is 0 Å². The second-order valence-corrected chi connectivity index (χ2v) is 9.79. The fraction of sp³-hybridized carbons (Fsp3) is 0.412. The maximum absolute atomic E-state index is 13.1. The molecule has 38 heavy (non-hydrogen) atoms. The summed E-state index contributed by atoms with van der Waals surface area (Å²) in [6, 6.07) is 29.8. The number of aryl methyl sites for hydroxylation is 1. The average molecular weight is 518 g/mol. The molecule has 2 atom stereocenters. The van der Waals surface area contributed by atoms with E-state index in [1.54, 1.807) is 13.8 Å². The standard InChI is InChI=1S/C25H33NO3.C7H8.C2H6/c1-5-25(24(3,4)28,23(27)29-19-22-14-10-7-11-15-22)17-16-20(2)26-18-21-12-8-6-9-13-21;1-7-5-3-2-4-6-7;1-2/h6-15,18,20,28H,5,16-17,19H2,1-4H3;2-6H,1H3;1-2H3/t20-,25?;;/m0../s1. The number of benzene rings is 3. The summed E-state index contributed by atoms with van der Waals surface area (Å²) in [6.45, 7) is 13.6. The molecule has 0 amide bonds. The molecule has 3 aromatic rings. The van der Waals surface area contributed by atoms with E-state index in [-0.39, 0.29) is 18.6 Å². The molecule has 0 spiro atoms. The Bertz CT molecular complexity index is 1040. The van der Waals surface area contributed by atoms with Gasteiger partial charge in [0.15, 0.2) is 0 Å².